The molecule has 3 N–H and O–H groups in total. The largest absolute Gasteiger partial charge is 0.339 e. The summed E-state index contributed by atoms with van der Waals surface area (Å²) in [6.07, 6.45) is 1.96. The number of anilines is 1. The van der Waals surface area contributed by atoms with Crippen molar-refractivity contribution in [1.29, 1.82) is 0 Å². The molecule has 0 radical (unpaired) electrons. The van der Waals surface area contributed by atoms with E-state index in [9.17, 15) is 9.59 Å². The van der Waals surface area contributed by atoms with Gasteiger partial charge in [0.1, 0.15) is 0 Å². The van der Waals surface area contributed by atoms with Crippen LogP contribution in [0.2, 0.25) is 5.02 Å². The number of urea groups is 1. The van der Waals surface area contributed by atoms with E-state index >= 15 is 0 Å². The molecule has 3 amide bonds. The number of hydrogen-bond acceptors (Lipinski definition) is 3. The first-order chi connectivity index (χ1) is 12.2. The molecule has 1 aromatic carbocycles. The lowest BCUT2D eigenvalue weighted by Crippen LogP contribution is -2.43. The van der Waals surface area contributed by atoms with E-state index in [1.165, 1.54) is 0 Å². The van der Waals surface area contributed by atoms with Gasteiger partial charge in [-0.25, -0.2) is 4.79 Å². The van der Waals surface area contributed by atoms with Crippen LogP contribution in [0, 0.1) is 5.92 Å². The summed E-state index contributed by atoms with van der Waals surface area (Å²) in [5.41, 5.74) is 0.629. The molecule has 6 nitrogen and oxygen atoms in total. The van der Waals surface area contributed by atoms with Crippen LogP contribution in [0.1, 0.15) is 44.0 Å². The number of nitrogens with zero attached hydrogens (tertiary/aromatic N) is 1. The number of amides is 3. The molecule has 0 spiro atoms. The molecule has 7 heteroatoms. The van der Waals surface area contributed by atoms with Crippen molar-refractivity contribution in [2.75, 3.05) is 32.0 Å². The Labute approximate surface area is 160 Å². The number of carbonyl (C=O) groups excluding carboxylic acids is 2. The van der Waals surface area contributed by atoms with E-state index in [0.717, 1.165) is 32.5 Å². The Bertz CT molecular complexity index is 649. The lowest BCUT2D eigenvalue weighted by molar-refractivity contribution is 0.0691. The minimum atomic E-state index is -0.340. The van der Waals surface area contributed by atoms with Crippen LogP contribution in [0.15, 0.2) is 18.2 Å². The number of piperidine rings is 1. The monoisotopic (exact) mass is 380 g/mol. The van der Waals surface area contributed by atoms with E-state index in [1.807, 2.05) is 32.7 Å². The molecule has 1 aliphatic rings. The Hall–Kier alpha value is -1.79. The normalized spacial score (nSPS) is 15.7. The average molecular weight is 381 g/mol. The van der Waals surface area contributed by atoms with E-state index in [0.29, 0.717) is 22.2 Å². The molecule has 0 saturated carbocycles. The lowest BCUT2D eigenvalue weighted by atomic mass is 9.96. The van der Waals surface area contributed by atoms with Crippen molar-refractivity contribution in [3.63, 3.8) is 0 Å². The summed E-state index contributed by atoms with van der Waals surface area (Å²) in [5.74, 6) is 0.520. The van der Waals surface area contributed by atoms with Crippen LogP contribution in [0.3, 0.4) is 0 Å². The Morgan fingerprint density at radius 1 is 1.23 bits per heavy atom. The number of halogens is 1. The first-order valence-corrected chi connectivity index (χ1v) is 9.40. The molecule has 0 aliphatic carbocycles. The predicted molar refractivity (Wildman–Crippen MR) is 106 cm³/mol. The summed E-state index contributed by atoms with van der Waals surface area (Å²) in [4.78, 5) is 26.7. The fourth-order valence-corrected chi connectivity index (χ4v) is 3.27. The summed E-state index contributed by atoms with van der Waals surface area (Å²) in [5, 5.41) is 9.18. The second-order valence-electron chi connectivity index (χ2n) is 7.82. The van der Waals surface area contributed by atoms with Crippen LogP contribution >= 0.6 is 11.6 Å². The fourth-order valence-electron chi connectivity index (χ4n) is 3.07. The minimum Gasteiger partial charge on any atom is -0.339 e. The molecular weight excluding hydrogens is 352 g/mol. The number of hydrogen-bond donors (Lipinski definition) is 3. The lowest BCUT2D eigenvalue weighted by Gasteiger charge is -2.32. The van der Waals surface area contributed by atoms with Gasteiger partial charge in [-0.3, -0.25) is 4.79 Å². The van der Waals surface area contributed by atoms with Gasteiger partial charge in [0.25, 0.3) is 5.91 Å². The summed E-state index contributed by atoms with van der Waals surface area (Å²) >= 11 is 6.25. The number of likely N-dealkylation sites (tertiary alicyclic amines) is 1. The third kappa shape index (κ3) is 5.88. The summed E-state index contributed by atoms with van der Waals surface area (Å²) in [6.45, 7) is 8.14. The standard InChI is InChI=1S/C19H29ClN4O2/c1-19(2,3)23-18(26)22-14-5-6-16(20)15(11-14)17(25)24-9-7-13(8-10-24)12-21-4/h5-6,11,13,21H,7-10,12H2,1-4H3,(H2,22,23,26). The van der Waals surface area contributed by atoms with Gasteiger partial charge in [-0.05, 0) is 71.3 Å². The Morgan fingerprint density at radius 2 is 1.88 bits per heavy atom. The highest BCUT2D eigenvalue weighted by Crippen LogP contribution is 2.25. The molecule has 1 fully saturated rings. The molecule has 144 valence electrons. The van der Waals surface area contributed by atoms with Crippen LogP contribution in [-0.4, -0.2) is 49.1 Å². The van der Waals surface area contributed by atoms with Crippen molar-refractivity contribution in [3.8, 4) is 0 Å². The molecule has 1 heterocycles. The van der Waals surface area contributed by atoms with Crippen molar-refractivity contribution in [3.05, 3.63) is 28.8 Å². The SMILES string of the molecule is CNCC1CCN(C(=O)c2cc(NC(=O)NC(C)(C)C)ccc2Cl)CC1. The summed E-state index contributed by atoms with van der Waals surface area (Å²) in [6, 6.07) is 4.67. The van der Waals surface area contributed by atoms with Crippen LogP contribution in [-0.2, 0) is 0 Å². The number of rotatable bonds is 4. The van der Waals surface area contributed by atoms with E-state index in [4.69, 9.17) is 11.6 Å². The third-order valence-electron chi connectivity index (χ3n) is 4.34. The molecule has 1 aromatic rings. The van der Waals surface area contributed by atoms with E-state index < -0.39 is 0 Å². The minimum absolute atomic E-state index is 0.0854. The Kier molecular flexibility index (Phi) is 6.89. The van der Waals surface area contributed by atoms with Crippen molar-refractivity contribution in [2.45, 2.75) is 39.2 Å². The van der Waals surface area contributed by atoms with E-state index in [-0.39, 0.29) is 17.5 Å². The van der Waals surface area contributed by atoms with Crippen LogP contribution in [0.5, 0.6) is 0 Å². The molecule has 0 bridgehead atoms. The highest BCUT2D eigenvalue weighted by Gasteiger charge is 2.25. The van der Waals surface area contributed by atoms with Gasteiger partial charge in [-0.1, -0.05) is 11.6 Å². The average Bonchev–Trinajstić information content (AvgIpc) is 2.55. The molecule has 2 rings (SSSR count). The molecular formula is C19H29ClN4O2. The van der Waals surface area contributed by atoms with Gasteiger partial charge in [0.05, 0.1) is 10.6 Å². The Balaban J connectivity index is 2.05. The van der Waals surface area contributed by atoms with Gasteiger partial charge in [0, 0.05) is 24.3 Å². The van der Waals surface area contributed by atoms with Crippen molar-refractivity contribution < 1.29 is 9.59 Å². The quantitative estimate of drug-likeness (QED) is 0.750. The van der Waals surface area contributed by atoms with Crippen LogP contribution < -0.4 is 16.0 Å². The molecule has 0 unspecified atom stereocenters. The second kappa shape index (κ2) is 8.73. The Morgan fingerprint density at radius 3 is 2.46 bits per heavy atom. The molecule has 0 aromatic heterocycles. The molecule has 1 saturated heterocycles. The van der Waals surface area contributed by atoms with Gasteiger partial charge in [0.2, 0.25) is 0 Å². The van der Waals surface area contributed by atoms with Crippen LogP contribution in [0.4, 0.5) is 10.5 Å². The van der Waals surface area contributed by atoms with Crippen LogP contribution in [0.25, 0.3) is 0 Å². The second-order valence-corrected chi connectivity index (χ2v) is 8.22. The van der Waals surface area contributed by atoms with E-state index in [2.05, 4.69) is 16.0 Å². The maximum atomic E-state index is 12.8. The molecule has 0 atom stereocenters. The predicted octanol–water partition coefficient (Wildman–Crippen LogP) is 3.33. The first-order valence-electron chi connectivity index (χ1n) is 9.02. The van der Waals surface area contributed by atoms with Crippen molar-refractivity contribution >= 4 is 29.2 Å². The fraction of sp³-hybridized carbons (Fsp3) is 0.579. The van der Waals surface area contributed by atoms with Gasteiger partial charge >= 0.3 is 6.03 Å². The van der Waals surface area contributed by atoms with Gasteiger partial charge in [-0.15, -0.1) is 0 Å². The maximum Gasteiger partial charge on any atom is 0.319 e. The van der Waals surface area contributed by atoms with E-state index in [1.54, 1.807) is 18.2 Å². The zero-order valence-electron chi connectivity index (χ0n) is 16.0. The van der Waals surface area contributed by atoms with Gasteiger partial charge < -0.3 is 20.9 Å². The highest BCUT2D eigenvalue weighted by molar-refractivity contribution is 6.34. The van der Waals surface area contributed by atoms with Gasteiger partial charge in [0.15, 0.2) is 0 Å². The first kappa shape index (κ1) is 20.5. The maximum absolute atomic E-state index is 12.8. The highest BCUT2D eigenvalue weighted by atomic mass is 35.5. The smallest absolute Gasteiger partial charge is 0.319 e. The third-order valence-corrected chi connectivity index (χ3v) is 4.67. The number of carbonyl (C=O) groups is 2. The molecule has 26 heavy (non-hydrogen) atoms. The summed E-state index contributed by atoms with van der Waals surface area (Å²) < 4.78 is 0. The van der Waals surface area contributed by atoms with Gasteiger partial charge in [-0.2, -0.15) is 0 Å². The number of nitrogens with one attached hydrogen (secondary N) is 3. The zero-order chi connectivity index (χ0) is 19.3. The zero-order valence-corrected chi connectivity index (χ0v) is 16.7. The van der Waals surface area contributed by atoms with Crippen molar-refractivity contribution in [2.24, 2.45) is 5.92 Å². The molecule has 1 aliphatic heterocycles. The van der Waals surface area contributed by atoms with Crippen molar-refractivity contribution in [1.82, 2.24) is 15.5 Å². The topological polar surface area (TPSA) is 73.5 Å². The summed E-state index contributed by atoms with van der Waals surface area (Å²) in [7, 11) is 1.95. The number of benzene rings is 1.